The van der Waals surface area contributed by atoms with Crippen molar-refractivity contribution in [2.75, 3.05) is 5.32 Å². The summed E-state index contributed by atoms with van der Waals surface area (Å²) in [6.07, 6.45) is 0. The zero-order valence-corrected chi connectivity index (χ0v) is 14.6. The number of amides is 1. The molecule has 0 spiro atoms. The molecule has 26 heavy (non-hydrogen) atoms. The van der Waals surface area contributed by atoms with E-state index in [9.17, 15) is 14.0 Å². The van der Waals surface area contributed by atoms with Crippen molar-refractivity contribution >= 4 is 22.6 Å². The quantitative estimate of drug-likeness (QED) is 0.717. The van der Waals surface area contributed by atoms with Crippen molar-refractivity contribution in [1.82, 2.24) is 0 Å². The highest BCUT2D eigenvalue weighted by molar-refractivity contribution is 5.98. The number of benzene rings is 2. The van der Waals surface area contributed by atoms with E-state index in [4.69, 9.17) is 9.15 Å². The van der Waals surface area contributed by atoms with Crippen LogP contribution in [0.15, 0.2) is 57.7 Å². The second-order valence-corrected chi connectivity index (χ2v) is 6.48. The standard InChI is InChI=1S/C20H18FNO4/c1-12-10-18(23)25-17-11-14(6-9-16(12)17)22-19(24)20(2,3)26-15-7-4-13(21)5-8-15/h4-11H,1-3H3,(H,22,24). The van der Waals surface area contributed by atoms with Gasteiger partial charge >= 0.3 is 5.63 Å². The number of anilines is 1. The molecule has 0 radical (unpaired) electrons. The van der Waals surface area contributed by atoms with E-state index in [1.807, 2.05) is 6.92 Å². The number of nitrogens with one attached hydrogen (secondary N) is 1. The van der Waals surface area contributed by atoms with Gasteiger partial charge in [-0.15, -0.1) is 0 Å². The highest BCUT2D eigenvalue weighted by Crippen LogP contribution is 2.23. The van der Waals surface area contributed by atoms with Crippen LogP contribution in [-0.4, -0.2) is 11.5 Å². The lowest BCUT2D eigenvalue weighted by Crippen LogP contribution is -2.42. The molecule has 2 aromatic carbocycles. The van der Waals surface area contributed by atoms with Crippen LogP contribution >= 0.6 is 0 Å². The van der Waals surface area contributed by atoms with Crippen molar-refractivity contribution in [3.63, 3.8) is 0 Å². The van der Waals surface area contributed by atoms with Crippen molar-refractivity contribution in [2.24, 2.45) is 0 Å². The number of halogens is 1. The fourth-order valence-electron chi connectivity index (χ4n) is 2.53. The summed E-state index contributed by atoms with van der Waals surface area (Å²) in [7, 11) is 0. The lowest BCUT2D eigenvalue weighted by Gasteiger charge is -2.25. The summed E-state index contributed by atoms with van der Waals surface area (Å²) >= 11 is 0. The lowest BCUT2D eigenvalue weighted by molar-refractivity contribution is -0.128. The van der Waals surface area contributed by atoms with Crippen LogP contribution in [0, 0.1) is 12.7 Å². The van der Waals surface area contributed by atoms with Gasteiger partial charge in [-0.2, -0.15) is 0 Å². The molecule has 0 saturated carbocycles. The van der Waals surface area contributed by atoms with Crippen molar-refractivity contribution < 1.29 is 18.3 Å². The predicted molar refractivity (Wildman–Crippen MR) is 97.0 cm³/mol. The van der Waals surface area contributed by atoms with Crippen LogP contribution in [0.4, 0.5) is 10.1 Å². The molecule has 0 fully saturated rings. The largest absolute Gasteiger partial charge is 0.478 e. The monoisotopic (exact) mass is 355 g/mol. The summed E-state index contributed by atoms with van der Waals surface area (Å²) in [4.78, 5) is 24.1. The number of hydrogen-bond donors (Lipinski definition) is 1. The molecule has 0 saturated heterocycles. The van der Waals surface area contributed by atoms with Gasteiger partial charge in [-0.1, -0.05) is 0 Å². The Morgan fingerprint density at radius 1 is 1.12 bits per heavy atom. The molecule has 1 heterocycles. The Morgan fingerprint density at radius 2 is 1.81 bits per heavy atom. The maximum absolute atomic E-state index is 13.0. The van der Waals surface area contributed by atoms with Gasteiger partial charge in [0.05, 0.1) is 0 Å². The van der Waals surface area contributed by atoms with Crippen LogP contribution in [0.1, 0.15) is 19.4 Å². The van der Waals surface area contributed by atoms with Gasteiger partial charge in [0.1, 0.15) is 17.1 Å². The molecule has 3 aromatic rings. The first-order valence-electron chi connectivity index (χ1n) is 8.05. The summed E-state index contributed by atoms with van der Waals surface area (Å²) in [6, 6.07) is 11.9. The number of carbonyl (C=O) groups excluding carboxylic acids is 1. The molecule has 1 amide bonds. The fraction of sp³-hybridized carbons (Fsp3) is 0.200. The second-order valence-electron chi connectivity index (χ2n) is 6.48. The first-order chi connectivity index (χ1) is 12.2. The van der Waals surface area contributed by atoms with Crippen molar-refractivity contribution in [2.45, 2.75) is 26.4 Å². The maximum Gasteiger partial charge on any atom is 0.336 e. The number of rotatable bonds is 4. The zero-order chi connectivity index (χ0) is 18.9. The Morgan fingerprint density at radius 3 is 2.50 bits per heavy atom. The fourth-order valence-corrected chi connectivity index (χ4v) is 2.53. The molecule has 1 N–H and O–H groups in total. The molecular formula is C20H18FNO4. The minimum Gasteiger partial charge on any atom is -0.478 e. The van der Waals surface area contributed by atoms with Gasteiger partial charge in [0.2, 0.25) is 0 Å². The van der Waals surface area contributed by atoms with E-state index >= 15 is 0 Å². The maximum atomic E-state index is 13.0. The SMILES string of the molecule is Cc1cc(=O)oc2cc(NC(=O)C(C)(C)Oc3ccc(F)cc3)ccc12. The zero-order valence-electron chi connectivity index (χ0n) is 14.6. The minimum atomic E-state index is -1.19. The van der Waals surface area contributed by atoms with Crippen LogP contribution < -0.4 is 15.7 Å². The average Bonchev–Trinajstić information content (AvgIpc) is 2.56. The Bertz CT molecular complexity index is 1020. The highest BCUT2D eigenvalue weighted by atomic mass is 19.1. The van der Waals surface area contributed by atoms with Crippen LogP contribution in [0.25, 0.3) is 11.0 Å². The van der Waals surface area contributed by atoms with Crippen LogP contribution in [-0.2, 0) is 4.79 Å². The molecule has 0 aliphatic rings. The molecule has 5 nitrogen and oxygen atoms in total. The van der Waals surface area contributed by atoms with E-state index in [2.05, 4.69) is 5.32 Å². The average molecular weight is 355 g/mol. The van der Waals surface area contributed by atoms with Gasteiger partial charge in [0, 0.05) is 23.2 Å². The second kappa shape index (κ2) is 6.63. The molecule has 0 aliphatic carbocycles. The Labute approximate surface area is 149 Å². The molecule has 1 aromatic heterocycles. The first-order valence-corrected chi connectivity index (χ1v) is 8.05. The number of carbonyl (C=O) groups is 1. The van der Waals surface area contributed by atoms with Gasteiger partial charge in [-0.05, 0) is 62.7 Å². The smallest absolute Gasteiger partial charge is 0.336 e. The predicted octanol–water partition coefficient (Wildman–Crippen LogP) is 4.04. The van der Waals surface area contributed by atoms with Crippen LogP contribution in [0.2, 0.25) is 0 Å². The summed E-state index contributed by atoms with van der Waals surface area (Å²) < 4.78 is 23.8. The Hall–Kier alpha value is -3.15. The molecule has 3 rings (SSSR count). The molecule has 0 bridgehead atoms. The van der Waals surface area contributed by atoms with E-state index in [1.165, 1.54) is 30.3 Å². The van der Waals surface area contributed by atoms with E-state index in [1.54, 1.807) is 32.0 Å². The molecule has 6 heteroatoms. The third kappa shape index (κ3) is 3.74. The van der Waals surface area contributed by atoms with Crippen LogP contribution in [0.3, 0.4) is 0 Å². The third-order valence-corrected chi connectivity index (χ3v) is 3.94. The molecular weight excluding hydrogens is 337 g/mol. The summed E-state index contributed by atoms with van der Waals surface area (Å²) in [5, 5.41) is 3.54. The first kappa shape index (κ1) is 17.7. The number of aryl methyl sites for hydroxylation is 1. The summed E-state index contributed by atoms with van der Waals surface area (Å²) in [6.45, 7) is 5.03. The Kier molecular flexibility index (Phi) is 4.50. The highest BCUT2D eigenvalue weighted by Gasteiger charge is 2.30. The van der Waals surface area contributed by atoms with Crippen molar-refractivity contribution in [3.8, 4) is 5.75 Å². The topological polar surface area (TPSA) is 68.5 Å². The number of fused-ring (bicyclic) bond motifs is 1. The number of hydrogen-bond acceptors (Lipinski definition) is 4. The minimum absolute atomic E-state index is 0.381. The number of ether oxygens (including phenoxy) is 1. The van der Waals surface area contributed by atoms with Crippen molar-refractivity contribution in [3.05, 3.63) is 70.3 Å². The molecule has 0 unspecified atom stereocenters. The molecule has 0 atom stereocenters. The van der Waals surface area contributed by atoms with E-state index < -0.39 is 17.1 Å². The van der Waals surface area contributed by atoms with E-state index in [-0.39, 0.29) is 5.82 Å². The van der Waals surface area contributed by atoms with Gasteiger partial charge < -0.3 is 14.5 Å². The van der Waals surface area contributed by atoms with Crippen molar-refractivity contribution in [1.29, 1.82) is 0 Å². The van der Waals surface area contributed by atoms with E-state index in [0.29, 0.717) is 17.0 Å². The van der Waals surface area contributed by atoms with E-state index in [0.717, 1.165) is 10.9 Å². The van der Waals surface area contributed by atoms with Gasteiger partial charge in [0.15, 0.2) is 5.60 Å². The normalized spacial score (nSPS) is 11.4. The van der Waals surface area contributed by atoms with Gasteiger partial charge in [0.25, 0.3) is 5.91 Å². The summed E-state index contributed by atoms with van der Waals surface area (Å²) in [5.41, 5.74) is 0.0323. The van der Waals surface area contributed by atoms with Gasteiger partial charge in [-0.25, -0.2) is 9.18 Å². The van der Waals surface area contributed by atoms with Gasteiger partial charge in [-0.3, -0.25) is 4.79 Å². The third-order valence-electron chi connectivity index (χ3n) is 3.94. The Balaban J connectivity index is 1.80. The molecule has 134 valence electrons. The molecule has 0 aliphatic heterocycles. The summed E-state index contributed by atoms with van der Waals surface area (Å²) in [5.74, 6) is -0.393. The lowest BCUT2D eigenvalue weighted by atomic mass is 10.1. The van der Waals surface area contributed by atoms with Crippen LogP contribution in [0.5, 0.6) is 5.75 Å².